The van der Waals surface area contributed by atoms with Crippen LogP contribution in [-0.2, 0) is 0 Å². The number of rotatable bonds is 6. The maximum atomic E-state index is 4.89. The lowest BCUT2D eigenvalue weighted by molar-refractivity contribution is -0.0264. The van der Waals surface area contributed by atoms with Gasteiger partial charge in [0.05, 0.1) is 10.9 Å². The molecule has 8 aliphatic rings. The van der Waals surface area contributed by atoms with E-state index in [2.05, 4.69) is 0 Å². The molecular formula is C26H38N2P2. The van der Waals surface area contributed by atoms with Crippen molar-refractivity contribution in [1.29, 1.82) is 0 Å². The molecule has 8 aliphatic carbocycles. The molecule has 0 spiro atoms. The number of hydrogen-bond acceptors (Lipinski definition) is 2. The van der Waals surface area contributed by atoms with Gasteiger partial charge in [-0.2, -0.15) is 0 Å². The van der Waals surface area contributed by atoms with Crippen LogP contribution in [0.5, 0.6) is 0 Å². The molecule has 8 bridgehead atoms. The van der Waals surface area contributed by atoms with Gasteiger partial charge in [-0.3, -0.25) is 9.97 Å². The quantitative estimate of drug-likeness (QED) is 0.566. The summed E-state index contributed by atoms with van der Waals surface area (Å²) in [6.45, 7) is 0. The first-order chi connectivity index (χ1) is 14.8. The second-order valence-corrected chi connectivity index (χ2v) is 14.7. The van der Waals surface area contributed by atoms with Gasteiger partial charge in [-0.25, -0.2) is 0 Å². The molecule has 1 aromatic rings. The molecule has 0 aromatic carbocycles. The van der Waals surface area contributed by atoms with E-state index in [1.54, 1.807) is 64.2 Å². The lowest BCUT2D eigenvalue weighted by Crippen LogP contribution is -2.46. The summed E-state index contributed by atoms with van der Waals surface area (Å²) in [5.41, 5.74) is 2.79. The van der Waals surface area contributed by atoms with Crippen LogP contribution in [0.4, 0.5) is 0 Å². The van der Waals surface area contributed by atoms with E-state index in [1.807, 2.05) is 12.4 Å². The second-order valence-electron chi connectivity index (χ2n) is 12.2. The fourth-order valence-corrected chi connectivity index (χ4v) is 13.3. The van der Waals surface area contributed by atoms with E-state index >= 15 is 0 Å². The molecule has 30 heavy (non-hydrogen) atoms. The van der Waals surface area contributed by atoms with Gasteiger partial charge in [-0.1, -0.05) is 17.2 Å². The van der Waals surface area contributed by atoms with E-state index in [9.17, 15) is 0 Å². The molecule has 1 heterocycles. The molecule has 0 saturated heterocycles. The third-order valence-electron chi connectivity index (χ3n) is 10.6. The molecule has 8 fully saturated rings. The van der Waals surface area contributed by atoms with Crippen LogP contribution in [0, 0.1) is 59.2 Å². The fraction of sp³-hybridized carbons (Fsp3) is 0.846. The van der Waals surface area contributed by atoms with Crippen molar-refractivity contribution in [3.63, 3.8) is 0 Å². The second kappa shape index (κ2) is 7.76. The van der Waals surface area contributed by atoms with Gasteiger partial charge in [0.1, 0.15) is 0 Å². The Kier molecular flexibility index (Phi) is 5.02. The third kappa shape index (κ3) is 3.43. The smallest absolute Gasteiger partial charge is 0.0855 e. The molecule has 2 atom stereocenters. The van der Waals surface area contributed by atoms with E-state index < -0.39 is 0 Å². The average Bonchev–Trinajstić information content (AvgIpc) is 2.72. The van der Waals surface area contributed by atoms with E-state index in [0.717, 1.165) is 76.3 Å². The van der Waals surface area contributed by atoms with Gasteiger partial charge in [0, 0.05) is 12.4 Å². The Bertz CT molecular complexity index is 674. The van der Waals surface area contributed by atoms with Crippen LogP contribution in [0.2, 0.25) is 0 Å². The van der Waals surface area contributed by atoms with Gasteiger partial charge in [0.2, 0.25) is 0 Å². The summed E-state index contributed by atoms with van der Waals surface area (Å²) in [6.07, 6.45) is 22.4. The molecule has 0 N–H and O–H groups in total. The molecule has 0 aliphatic heterocycles. The Balaban J connectivity index is 1.01. The van der Waals surface area contributed by atoms with Crippen LogP contribution < -0.4 is 10.9 Å². The summed E-state index contributed by atoms with van der Waals surface area (Å²) in [6, 6.07) is 0. The van der Waals surface area contributed by atoms with Crippen LogP contribution in [0.15, 0.2) is 12.4 Å². The first-order valence-electron chi connectivity index (χ1n) is 13.1. The van der Waals surface area contributed by atoms with Gasteiger partial charge >= 0.3 is 0 Å². The lowest BCUT2D eigenvalue weighted by atomic mass is 9.52. The molecule has 1 aromatic heterocycles. The van der Waals surface area contributed by atoms with Gasteiger partial charge in [0.15, 0.2) is 0 Å². The lowest BCUT2D eigenvalue weighted by Gasteiger charge is -2.54. The van der Waals surface area contributed by atoms with Crippen molar-refractivity contribution in [3.8, 4) is 0 Å². The maximum absolute atomic E-state index is 4.89. The van der Waals surface area contributed by atoms with Crippen molar-refractivity contribution >= 4 is 28.0 Å². The minimum Gasteiger partial charge on any atom is -0.253 e. The van der Waals surface area contributed by atoms with Crippen molar-refractivity contribution in [2.24, 2.45) is 59.2 Å². The first kappa shape index (κ1) is 19.4. The van der Waals surface area contributed by atoms with Crippen molar-refractivity contribution in [2.45, 2.75) is 64.2 Å². The largest absolute Gasteiger partial charge is 0.253 e. The van der Waals surface area contributed by atoms with E-state index in [0.29, 0.717) is 0 Å². The Morgan fingerprint density at radius 2 is 0.867 bits per heavy atom. The van der Waals surface area contributed by atoms with Crippen LogP contribution in [0.1, 0.15) is 64.2 Å². The van der Waals surface area contributed by atoms with Crippen molar-refractivity contribution in [2.75, 3.05) is 12.3 Å². The fourth-order valence-electron chi connectivity index (χ4n) is 9.77. The van der Waals surface area contributed by atoms with Crippen LogP contribution >= 0.6 is 17.2 Å². The summed E-state index contributed by atoms with van der Waals surface area (Å²) in [5, 5.41) is 0. The summed E-state index contributed by atoms with van der Waals surface area (Å²) in [7, 11) is 1.81. The highest BCUT2D eigenvalue weighted by Gasteiger charge is 2.49. The molecule has 0 amide bonds. The standard InChI is InChI=1S/C26H38N2P2/c1-2-28-26(30-14-24-21-9-17-4-18(11-21)12-22(24)10-17)25(27-1)29-13-23-19-5-15-3-16(7-19)8-20(23)6-15/h1-2,15-24,29-30H,3-14H2. The van der Waals surface area contributed by atoms with Crippen molar-refractivity contribution in [3.05, 3.63) is 12.4 Å². The minimum absolute atomic E-state index is 0.907. The van der Waals surface area contributed by atoms with E-state index in [4.69, 9.17) is 9.97 Å². The van der Waals surface area contributed by atoms with Gasteiger partial charge in [-0.15, -0.1) is 0 Å². The molecule has 162 valence electrons. The summed E-state index contributed by atoms with van der Waals surface area (Å²) in [5.74, 6) is 10.7. The van der Waals surface area contributed by atoms with E-state index in [1.165, 1.54) is 23.2 Å². The van der Waals surface area contributed by atoms with Gasteiger partial charge < -0.3 is 0 Å². The molecule has 9 rings (SSSR count). The third-order valence-corrected chi connectivity index (χ3v) is 13.6. The summed E-state index contributed by atoms with van der Waals surface area (Å²) >= 11 is 0. The molecular weight excluding hydrogens is 402 g/mol. The first-order valence-corrected chi connectivity index (χ1v) is 15.5. The Hall–Kier alpha value is -0.0600. The van der Waals surface area contributed by atoms with Crippen LogP contribution in [0.25, 0.3) is 0 Å². The Labute approximate surface area is 186 Å². The SMILES string of the molecule is c1cnc(PCC2C3CC4CC(C3)CC2C4)c(PCC2C3CC4CC(C3)CC2C4)n1. The highest BCUT2D eigenvalue weighted by Crippen LogP contribution is 2.58. The normalized spacial score (nSPS) is 48.7. The van der Waals surface area contributed by atoms with Crippen molar-refractivity contribution < 1.29 is 0 Å². The average molecular weight is 441 g/mol. The zero-order valence-corrected chi connectivity index (χ0v) is 20.3. The Morgan fingerprint density at radius 1 is 0.533 bits per heavy atom. The summed E-state index contributed by atoms with van der Waals surface area (Å²) in [4.78, 5) is 9.79. The van der Waals surface area contributed by atoms with E-state index in [-0.39, 0.29) is 0 Å². The highest BCUT2D eigenvalue weighted by atomic mass is 31.1. The zero-order chi connectivity index (χ0) is 19.7. The highest BCUT2D eigenvalue weighted by molar-refractivity contribution is 7.54. The number of aromatic nitrogens is 2. The molecule has 4 heteroatoms. The van der Waals surface area contributed by atoms with Gasteiger partial charge in [0.25, 0.3) is 0 Å². The summed E-state index contributed by atoms with van der Waals surface area (Å²) < 4.78 is 0. The molecule has 2 unspecified atom stereocenters. The topological polar surface area (TPSA) is 25.8 Å². The molecule has 8 saturated carbocycles. The van der Waals surface area contributed by atoms with Crippen LogP contribution in [-0.4, -0.2) is 22.3 Å². The maximum Gasteiger partial charge on any atom is 0.0855 e. The Morgan fingerprint density at radius 3 is 1.20 bits per heavy atom. The number of nitrogens with zero attached hydrogens (tertiary/aromatic N) is 2. The number of hydrogen-bond donors (Lipinski definition) is 0. The predicted molar refractivity (Wildman–Crippen MR) is 129 cm³/mol. The van der Waals surface area contributed by atoms with Crippen molar-refractivity contribution in [1.82, 2.24) is 9.97 Å². The minimum atomic E-state index is 0.907. The zero-order valence-electron chi connectivity index (χ0n) is 18.3. The predicted octanol–water partition coefficient (Wildman–Crippen LogP) is 5.23. The monoisotopic (exact) mass is 440 g/mol. The molecule has 0 radical (unpaired) electrons. The molecule has 2 nitrogen and oxygen atoms in total. The van der Waals surface area contributed by atoms with Crippen LogP contribution in [0.3, 0.4) is 0 Å². The van der Waals surface area contributed by atoms with Gasteiger partial charge in [-0.05, 0) is 136 Å².